The summed E-state index contributed by atoms with van der Waals surface area (Å²) in [6.07, 6.45) is -5.44. The van der Waals surface area contributed by atoms with Crippen LogP contribution in [-0.4, -0.2) is 59.6 Å². The molecule has 7 nitrogen and oxygen atoms in total. The van der Waals surface area contributed by atoms with Gasteiger partial charge in [0.05, 0.1) is 17.2 Å². The number of carbonyl (C=O) groups excluding carboxylic acids is 1. The molecule has 0 aliphatic carbocycles. The third kappa shape index (κ3) is 3.29. The van der Waals surface area contributed by atoms with Crippen molar-refractivity contribution < 1.29 is 34.3 Å². The molecular weight excluding hydrogens is 339 g/mol. The lowest BCUT2D eigenvalue weighted by Crippen LogP contribution is -2.34. The van der Waals surface area contributed by atoms with E-state index in [-0.39, 0.29) is 28.0 Å². The second kappa shape index (κ2) is 6.99. The van der Waals surface area contributed by atoms with Crippen LogP contribution in [0, 0.1) is 0 Å². The summed E-state index contributed by atoms with van der Waals surface area (Å²) in [6.45, 7) is -0.389. The minimum atomic E-state index is -1.54. The van der Waals surface area contributed by atoms with Crippen molar-refractivity contribution in [1.29, 1.82) is 0 Å². The molecule has 1 unspecified atom stereocenters. The van der Waals surface area contributed by atoms with E-state index in [4.69, 9.17) is 37.4 Å². The smallest absolute Gasteiger partial charge is 0.343 e. The van der Waals surface area contributed by atoms with E-state index in [9.17, 15) is 20.1 Å². The average Bonchev–Trinajstić information content (AvgIpc) is 2.74. The van der Waals surface area contributed by atoms with Gasteiger partial charge in [-0.25, -0.2) is 4.79 Å². The molecule has 0 bridgehead atoms. The number of hydrogen-bond donors (Lipinski definition) is 3. The third-order valence-corrected chi connectivity index (χ3v) is 3.80. The van der Waals surface area contributed by atoms with Crippen LogP contribution in [0.3, 0.4) is 0 Å². The Kier molecular flexibility index (Phi) is 5.49. The Morgan fingerprint density at radius 3 is 2.41 bits per heavy atom. The Labute approximate surface area is 135 Å². The minimum Gasteiger partial charge on any atom is -0.494 e. The standard InChI is InChI=1S/C13H14Cl2O7/c1-20-11-6(15)3-2-5(14)8(11)12(18)21-4-7-9(16)10(17)13(19)22-7/h2-3,7,9-10,13,16-17,19H,4H2,1H3/t7-,9-,10+,13?/m1/s1. The molecule has 3 N–H and O–H groups in total. The fourth-order valence-corrected chi connectivity index (χ4v) is 2.48. The molecule has 22 heavy (non-hydrogen) atoms. The van der Waals surface area contributed by atoms with Crippen LogP contribution in [0.1, 0.15) is 10.4 Å². The maximum Gasteiger partial charge on any atom is 0.343 e. The van der Waals surface area contributed by atoms with Gasteiger partial charge in [-0.3, -0.25) is 0 Å². The highest BCUT2D eigenvalue weighted by Gasteiger charge is 2.42. The molecule has 0 spiro atoms. The van der Waals surface area contributed by atoms with Gasteiger partial charge in [0.15, 0.2) is 12.0 Å². The number of ether oxygens (including phenoxy) is 3. The van der Waals surface area contributed by atoms with Crippen LogP contribution >= 0.6 is 23.2 Å². The van der Waals surface area contributed by atoms with Crippen LogP contribution in [0.5, 0.6) is 5.75 Å². The topological polar surface area (TPSA) is 105 Å². The molecule has 1 heterocycles. The zero-order chi connectivity index (χ0) is 16.4. The Morgan fingerprint density at radius 1 is 1.23 bits per heavy atom. The molecule has 0 radical (unpaired) electrons. The number of carbonyl (C=O) groups is 1. The summed E-state index contributed by atoms with van der Waals surface area (Å²) in [7, 11) is 1.32. The van der Waals surface area contributed by atoms with Gasteiger partial charge in [0.25, 0.3) is 0 Å². The van der Waals surface area contributed by atoms with Crippen LogP contribution in [0.25, 0.3) is 0 Å². The largest absolute Gasteiger partial charge is 0.494 e. The zero-order valence-corrected chi connectivity index (χ0v) is 12.9. The first kappa shape index (κ1) is 17.3. The third-order valence-electron chi connectivity index (χ3n) is 3.18. The Hall–Kier alpha value is -1.09. The number of rotatable bonds is 4. The minimum absolute atomic E-state index is 0.0622. The Bertz CT molecular complexity index is 566. The summed E-state index contributed by atoms with van der Waals surface area (Å²) in [4.78, 5) is 12.1. The number of methoxy groups -OCH3 is 1. The number of esters is 1. The van der Waals surface area contributed by atoms with E-state index in [1.165, 1.54) is 19.2 Å². The van der Waals surface area contributed by atoms with E-state index in [1.54, 1.807) is 0 Å². The zero-order valence-electron chi connectivity index (χ0n) is 11.4. The van der Waals surface area contributed by atoms with Gasteiger partial charge in [0.2, 0.25) is 0 Å². The monoisotopic (exact) mass is 352 g/mol. The van der Waals surface area contributed by atoms with Gasteiger partial charge in [-0.15, -0.1) is 0 Å². The SMILES string of the molecule is COc1c(Cl)ccc(Cl)c1C(=O)OC[C@H]1OC(O)[C@@H](O)[C@@H]1O. The quantitative estimate of drug-likeness (QED) is 0.681. The molecule has 1 aromatic rings. The van der Waals surface area contributed by atoms with Crippen LogP contribution in [-0.2, 0) is 9.47 Å². The highest BCUT2D eigenvalue weighted by Crippen LogP contribution is 2.34. The molecule has 122 valence electrons. The van der Waals surface area contributed by atoms with Gasteiger partial charge in [-0.05, 0) is 12.1 Å². The highest BCUT2D eigenvalue weighted by atomic mass is 35.5. The molecule has 0 saturated carbocycles. The Morgan fingerprint density at radius 2 is 1.86 bits per heavy atom. The van der Waals surface area contributed by atoms with E-state index in [0.717, 1.165) is 0 Å². The first-order chi connectivity index (χ1) is 10.4. The second-order valence-corrected chi connectivity index (χ2v) is 5.40. The first-order valence-electron chi connectivity index (χ1n) is 6.25. The molecule has 0 amide bonds. The van der Waals surface area contributed by atoms with Gasteiger partial charge in [0.1, 0.15) is 30.5 Å². The summed E-state index contributed by atoms with van der Waals surface area (Å²) < 4.78 is 14.9. The second-order valence-electron chi connectivity index (χ2n) is 4.58. The van der Waals surface area contributed by atoms with Crippen molar-refractivity contribution in [3.63, 3.8) is 0 Å². The van der Waals surface area contributed by atoms with E-state index in [0.29, 0.717) is 0 Å². The normalized spacial score (nSPS) is 27.7. The Balaban J connectivity index is 2.09. The summed E-state index contributed by atoms with van der Waals surface area (Å²) >= 11 is 11.9. The maximum absolute atomic E-state index is 12.1. The molecule has 1 saturated heterocycles. The molecule has 0 aromatic heterocycles. The lowest BCUT2D eigenvalue weighted by molar-refractivity contribution is -0.133. The molecule has 1 aliphatic heterocycles. The summed E-state index contributed by atoms with van der Waals surface area (Å²) in [5, 5.41) is 28.5. The van der Waals surface area contributed by atoms with E-state index >= 15 is 0 Å². The predicted octanol–water partition coefficient (Wildman–Crippen LogP) is 0.598. The molecule has 1 fully saturated rings. The van der Waals surface area contributed by atoms with Crippen LogP contribution in [0.15, 0.2) is 12.1 Å². The maximum atomic E-state index is 12.1. The number of hydrogen-bond acceptors (Lipinski definition) is 7. The molecule has 2 rings (SSSR count). The summed E-state index contributed by atoms with van der Waals surface area (Å²) in [6, 6.07) is 2.88. The van der Waals surface area contributed by atoms with Gasteiger partial charge in [-0.2, -0.15) is 0 Å². The van der Waals surface area contributed by atoms with E-state index in [2.05, 4.69) is 0 Å². The van der Waals surface area contributed by atoms with Gasteiger partial charge in [0, 0.05) is 0 Å². The van der Waals surface area contributed by atoms with Crippen molar-refractivity contribution in [2.24, 2.45) is 0 Å². The summed E-state index contributed by atoms with van der Waals surface area (Å²) in [5.74, 6) is -0.775. The lowest BCUT2D eigenvalue weighted by atomic mass is 10.1. The van der Waals surface area contributed by atoms with E-state index in [1.807, 2.05) is 0 Å². The molecule has 1 aliphatic rings. The number of aliphatic hydroxyl groups is 3. The average molecular weight is 353 g/mol. The van der Waals surface area contributed by atoms with E-state index < -0.39 is 30.6 Å². The molecule has 9 heteroatoms. The number of benzene rings is 1. The van der Waals surface area contributed by atoms with Crippen LogP contribution in [0.2, 0.25) is 10.0 Å². The fourth-order valence-electron chi connectivity index (χ4n) is 2.02. The van der Waals surface area contributed by atoms with Gasteiger partial charge in [-0.1, -0.05) is 23.2 Å². The number of halogens is 2. The summed E-state index contributed by atoms with van der Waals surface area (Å²) in [5.41, 5.74) is -0.0646. The van der Waals surface area contributed by atoms with Crippen LogP contribution in [0.4, 0.5) is 0 Å². The molecule has 1 aromatic carbocycles. The van der Waals surface area contributed by atoms with Crippen molar-refractivity contribution in [3.05, 3.63) is 27.7 Å². The molecule has 4 atom stereocenters. The van der Waals surface area contributed by atoms with Crippen molar-refractivity contribution >= 4 is 29.2 Å². The first-order valence-corrected chi connectivity index (χ1v) is 7.01. The highest BCUT2D eigenvalue weighted by molar-refractivity contribution is 6.37. The lowest BCUT2D eigenvalue weighted by Gasteiger charge is -2.16. The van der Waals surface area contributed by atoms with Crippen molar-refractivity contribution in [2.45, 2.75) is 24.6 Å². The number of aliphatic hydroxyl groups excluding tert-OH is 3. The molecular formula is C13H14Cl2O7. The van der Waals surface area contributed by atoms with Gasteiger partial charge >= 0.3 is 5.97 Å². The van der Waals surface area contributed by atoms with Crippen LogP contribution < -0.4 is 4.74 Å². The fraction of sp³-hybridized carbons (Fsp3) is 0.462. The van der Waals surface area contributed by atoms with Crippen molar-refractivity contribution in [3.8, 4) is 5.75 Å². The van der Waals surface area contributed by atoms with Crippen molar-refractivity contribution in [2.75, 3.05) is 13.7 Å². The van der Waals surface area contributed by atoms with Crippen molar-refractivity contribution in [1.82, 2.24) is 0 Å². The predicted molar refractivity (Wildman–Crippen MR) is 76.2 cm³/mol. The van der Waals surface area contributed by atoms with Gasteiger partial charge < -0.3 is 29.5 Å².